The van der Waals surface area contributed by atoms with Gasteiger partial charge in [-0.3, -0.25) is 4.79 Å². The number of halogens is 2. The van der Waals surface area contributed by atoms with Gasteiger partial charge in [-0.2, -0.15) is 10.4 Å². The molecule has 12 heteroatoms. The summed E-state index contributed by atoms with van der Waals surface area (Å²) in [6.07, 6.45) is 1.18. The monoisotopic (exact) mass is 536 g/mol. The number of β-amino-alcohol motifs (C(OH)–C–C–N with tert-alkyl or cyclic N) is 1. The first-order valence-corrected chi connectivity index (χ1v) is 12.5. The third kappa shape index (κ3) is 4.45. The summed E-state index contributed by atoms with van der Waals surface area (Å²) < 4.78 is 36.5. The van der Waals surface area contributed by atoms with Crippen molar-refractivity contribution >= 4 is 17.2 Å². The average molecular weight is 537 g/mol. The molecule has 1 saturated heterocycles. The minimum absolute atomic E-state index is 0.0556. The van der Waals surface area contributed by atoms with Gasteiger partial charge < -0.3 is 14.7 Å². The number of rotatable bonds is 5. The zero-order valence-electron chi connectivity index (χ0n) is 20.4. The largest absolute Gasteiger partial charge is 0.366 e. The number of nitrogens with zero attached hydrogens (tertiary/aromatic N) is 6. The molecule has 3 heterocycles. The lowest BCUT2D eigenvalue weighted by molar-refractivity contribution is -0.255. The number of hydrogen-bond acceptors (Lipinski definition) is 8. The van der Waals surface area contributed by atoms with Crippen LogP contribution in [0.5, 0.6) is 0 Å². The number of aliphatic hydroxyl groups excluding tert-OH is 1. The van der Waals surface area contributed by atoms with E-state index in [-0.39, 0.29) is 29.8 Å². The second-order valence-corrected chi connectivity index (χ2v) is 9.80. The standard InChI is InChI=1S/C26H22F2N6O3S/c1-15-11-38-24(32-15)23-17(9-29)4-3-5-19(23)25(36)34-10-22(35)37-26(16(34)2,12-33-14-30-13-31-33)20-7-6-18(27)8-21(20)28/h3-8,11,13-14,16,22,35H,10,12H2,1-2H3. The Morgan fingerprint density at radius 3 is 2.82 bits per heavy atom. The maximum Gasteiger partial charge on any atom is 0.255 e. The van der Waals surface area contributed by atoms with Crippen LogP contribution in [0.1, 0.15) is 34.1 Å². The zero-order chi connectivity index (χ0) is 27.0. The van der Waals surface area contributed by atoms with Crippen molar-refractivity contribution in [3.8, 4) is 16.6 Å². The van der Waals surface area contributed by atoms with E-state index in [0.29, 0.717) is 10.6 Å². The molecule has 0 aliphatic carbocycles. The van der Waals surface area contributed by atoms with Crippen molar-refractivity contribution in [3.63, 3.8) is 0 Å². The van der Waals surface area contributed by atoms with Crippen LogP contribution < -0.4 is 0 Å². The molecule has 3 atom stereocenters. The number of ether oxygens (including phenoxy) is 1. The molecule has 0 radical (unpaired) electrons. The van der Waals surface area contributed by atoms with Gasteiger partial charge >= 0.3 is 0 Å². The lowest BCUT2D eigenvalue weighted by Crippen LogP contribution is -2.63. The Morgan fingerprint density at radius 2 is 2.16 bits per heavy atom. The molecular formula is C26H22F2N6O3S. The number of carbonyl (C=O) groups is 1. The molecule has 1 fully saturated rings. The molecule has 3 unspecified atom stereocenters. The van der Waals surface area contributed by atoms with Crippen LogP contribution in [0, 0.1) is 29.9 Å². The van der Waals surface area contributed by atoms with E-state index in [1.54, 1.807) is 25.1 Å². The van der Waals surface area contributed by atoms with Crippen molar-refractivity contribution in [2.45, 2.75) is 38.3 Å². The van der Waals surface area contributed by atoms with Crippen LogP contribution in [0.25, 0.3) is 10.6 Å². The number of carbonyl (C=O) groups excluding carboxylic acids is 1. The van der Waals surface area contributed by atoms with Gasteiger partial charge in [0.2, 0.25) is 0 Å². The van der Waals surface area contributed by atoms with Crippen molar-refractivity contribution in [1.29, 1.82) is 5.26 Å². The minimum Gasteiger partial charge on any atom is -0.366 e. The van der Waals surface area contributed by atoms with Gasteiger partial charge in [-0.15, -0.1) is 11.3 Å². The van der Waals surface area contributed by atoms with Crippen molar-refractivity contribution in [2.24, 2.45) is 0 Å². The first-order valence-electron chi connectivity index (χ1n) is 11.6. The fourth-order valence-corrected chi connectivity index (χ4v) is 5.69. The summed E-state index contributed by atoms with van der Waals surface area (Å²) in [4.78, 5) is 23.9. The zero-order valence-corrected chi connectivity index (χ0v) is 21.2. The Labute approximate surface area is 220 Å². The lowest BCUT2D eigenvalue weighted by atomic mass is 9.83. The van der Waals surface area contributed by atoms with Gasteiger partial charge in [-0.1, -0.05) is 12.1 Å². The average Bonchev–Trinajstić information content (AvgIpc) is 3.56. The van der Waals surface area contributed by atoms with E-state index in [2.05, 4.69) is 21.1 Å². The first kappa shape index (κ1) is 25.6. The van der Waals surface area contributed by atoms with Crippen molar-refractivity contribution < 1.29 is 23.4 Å². The van der Waals surface area contributed by atoms with E-state index < -0.39 is 35.5 Å². The number of benzene rings is 2. The van der Waals surface area contributed by atoms with Gasteiger partial charge in [0.15, 0.2) is 6.29 Å². The van der Waals surface area contributed by atoms with E-state index in [0.717, 1.165) is 17.8 Å². The highest BCUT2D eigenvalue weighted by molar-refractivity contribution is 7.13. The highest BCUT2D eigenvalue weighted by atomic mass is 32.1. The number of aliphatic hydroxyl groups is 1. The Balaban J connectivity index is 1.64. The Hall–Kier alpha value is -4.05. The molecule has 9 nitrogen and oxygen atoms in total. The van der Waals surface area contributed by atoms with Gasteiger partial charge in [0.25, 0.3) is 5.91 Å². The van der Waals surface area contributed by atoms with E-state index in [4.69, 9.17) is 4.74 Å². The van der Waals surface area contributed by atoms with Gasteiger partial charge in [-0.25, -0.2) is 23.4 Å². The van der Waals surface area contributed by atoms with Gasteiger partial charge in [0.05, 0.1) is 36.3 Å². The summed E-state index contributed by atoms with van der Waals surface area (Å²) in [5, 5.41) is 27.0. The summed E-state index contributed by atoms with van der Waals surface area (Å²) in [6.45, 7) is 3.11. The van der Waals surface area contributed by atoms with Crippen molar-refractivity contribution in [1.82, 2.24) is 24.6 Å². The summed E-state index contributed by atoms with van der Waals surface area (Å²) in [5.41, 5.74) is -0.131. The van der Waals surface area contributed by atoms with Crippen LogP contribution in [-0.4, -0.2) is 54.5 Å². The van der Waals surface area contributed by atoms with Gasteiger partial charge in [0, 0.05) is 28.3 Å². The quantitative estimate of drug-likeness (QED) is 0.414. The summed E-state index contributed by atoms with van der Waals surface area (Å²) >= 11 is 1.30. The summed E-state index contributed by atoms with van der Waals surface area (Å²) in [5.74, 6) is -2.19. The molecular weight excluding hydrogens is 514 g/mol. The summed E-state index contributed by atoms with van der Waals surface area (Å²) in [7, 11) is 0. The second kappa shape index (κ2) is 10.0. The highest BCUT2D eigenvalue weighted by Crippen LogP contribution is 2.41. The number of nitriles is 1. The molecule has 38 heavy (non-hydrogen) atoms. The molecule has 4 aromatic rings. The molecule has 2 aromatic carbocycles. The van der Waals surface area contributed by atoms with E-state index in [1.807, 2.05) is 12.3 Å². The fraction of sp³-hybridized carbons (Fsp3) is 0.269. The lowest BCUT2D eigenvalue weighted by Gasteiger charge is -2.50. The third-order valence-electron chi connectivity index (χ3n) is 6.60. The molecule has 1 amide bonds. The number of aromatic nitrogens is 4. The molecule has 5 rings (SSSR count). The second-order valence-electron chi connectivity index (χ2n) is 8.95. The maximum atomic E-state index is 15.3. The Kier molecular flexibility index (Phi) is 6.75. The SMILES string of the molecule is Cc1csc(-c2c(C#N)cccc2C(=O)N2CC(O)OC(Cn3cncn3)(c3ccc(F)cc3F)C2C)n1. The topological polar surface area (TPSA) is 117 Å². The number of aryl methyl sites for hydroxylation is 1. The predicted octanol–water partition coefficient (Wildman–Crippen LogP) is 3.63. The highest BCUT2D eigenvalue weighted by Gasteiger charge is 2.51. The number of morpholine rings is 1. The van der Waals surface area contributed by atoms with E-state index >= 15 is 4.39 Å². The molecule has 0 bridgehead atoms. The Morgan fingerprint density at radius 1 is 1.34 bits per heavy atom. The van der Waals surface area contributed by atoms with Crippen LogP contribution in [0.15, 0.2) is 54.4 Å². The van der Waals surface area contributed by atoms with E-state index in [1.165, 1.54) is 39.6 Å². The normalized spacial score (nSPS) is 21.3. The number of hydrogen-bond donors (Lipinski definition) is 1. The van der Waals surface area contributed by atoms with Crippen LogP contribution in [0.4, 0.5) is 8.78 Å². The molecule has 1 aliphatic rings. The van der Waals surface area contributed by atoms with Crippen LogP contribution in [0.2, 0.25) is 0 Å². The van der Waals surface area contributed by atoms with Crippen LogP contribution in [0.3, 0.4) is 0 Å². The van der Waals surface area contributed by atoms with Crippen molar-refractivity contribution in [2.75, 3.05) is 6.54 Å². The smallest absolute Gasteiger partial charge is 0.255 e. The number of amides is 1. The minimum atomic E-state index is -1.66. The van der Waals surface area contributed by atoms with Gasteiger partial charge in [-0.05, 0) is 32.0 Å². The molecule has 0 saturated carbocycles. The molecule has 194 valence electrons. The Bertz CT molecular complexity index is 1540. The molecule has 0 spiro atoms. The molecule has 1 aliphatic heterocycles. The fourth-order valence-electron chi connectivity index (χ4n) is 4.82. The van der Waals surface area contributed by atoms with Crippen LogP contribution in [-0.2, 0) is 16.9 Å². The molecule has 1 N–H and O–H groups in total. The first-order chi connectivity index (χ1) is 18.2. The van der Waals surface area contributed by atoms with E-state index in [9.17, 15) is 19.6 Å². The predicted molar refractivity (Wildman–Crippen MR) is 133 cm³/mol. The maximum absolute atomic E-state index is 15.3. The van der Waals surface area contributed by atoms with Crippen LogP contribution >= 0.6 is 11.3 Å². The van der Waals surface area contributed by atoms with Gasteiger partial charge in [0.1, 0.15) is 34.9 Å². The summed E-state index contributed by atoms with van der Waals surface area (Å²) in [6, 6.07) is 9.08. The molecule has 2 aromatic heterocycles. The number of thiazole rings is 1. The van der Waals surface area contributed by atoms with Crippen molar-refractivity contribution in [3.05, 3.63) is 88.5 Å². The third-order valence-corrected chi connectivity index (χ3v) is 7.58.